The molecule has 0 saturated carbocycles. The Labute approximate surface area is 137 Å². The van der Waals surface area contributed by atoms with Crippen LogP contribution in [0.4, 0.5) is 0 Å². The molecule has 1 aromatic rings. The van der Waals surface area contributed by atoms with E-state index in [9.17, 15) is 8.42 Å². The first-order chi connectivity index (χ1) is 9.96. The molecular formula is C16H26BrNO2S. The minimum absolute atomic E-state index is 0.242. The Morgan fingerprint density at radius 1 is 1.29 bits per heavy atom. The number of sulfone groups is 1. The summed E-state index contributed by atoms with van der Waals surface area (Å²) in [5.41, 5.74) is 1.27. The normalized spacial score (nSPS) is 13.3. The monoisotopic (exact) mass is 375 g/mol. The summed E-state index contributed by atoms with van der Waals surface area (Å²) in [6.45, 7) is 4.83. The zero-order valence-corrected chi connectivity index (χ0v) is 15.3. The molecule has 1 N–H and O–H groups in total. The van der Waals surface area contributed by atoms with Gasteiger partial charge in [-0.3, -0.25) is 0 Å². The van der Waals surface area contributed by atoms with Gasteiger partial charge in [0.15, 0.2) is 0 Å². The van der Waals surface area contributed by atoms with Crippen molar-refractivity contribution in [2.75, 3.05) is 18.1 Å². The third-order valence-corrected chi connectivity index (χ3v) is 5.79. The van der Waals surface area contributed by atoms with E-state index in [0.717, 1.165) is 36.7 Å². The SMILES string of the molecule is CCCNC(CCCS(=O)(=O)CC)Cc1cccc(Br)c1. The summed E-state index contributed by atoms with van der Waals surface area (Å²) in [5, 5.41) is 3.53. The van der Waals surface area contributed by atoms with Crippen LogP contribution >= 0.6 is 15.9 Å². The van der Waals surface area contributed by atoms with E-state index in [-0.39, 0.29) is 5.75 Å². The topological polar surface area (TPSA) is 46.2 Å². The molecule has 0 aromatic heterocycles. The van der Waals surface area contributed by atoms with Gasteiger partial charge in [0.1, 0.15) is 9.84 Å². The van der Waals surface area contributed by atoms with Crippen LogP contribution in [0.1, 0.15) is 38.7 Å². The molecule has 0 bridgehead atoms. The molecule has 0 saturated heterocycles. The van der Waals surface area contributed by atoms with Gasteiger partial charge in [0.25, 0.3) is 0 Å². The zero-order valence-electron chi connectivity index (χ0n) is 12.9. The van der Waals surface area contributed by atoms with Gasteiger partial charge in [-0.05, 0) is 49.9 Å². The van der Waals surface area contributed by atoms with Gasteiger partial charge in [-0.15, -0.1) is 0 Å². The quantitative estimate of drug-likeness (QED) is 0.679. The average molecular weight is 376 g/mol. The summed E-state index contributed by atoms with van der Waals surface area (Å²) >= 11 is 3.49. The molecule has 3 nitrogen and oxygen atoms in total. The summed E-state index contributed by atoms with van der Waals surface area (Å²) < 4.78 is 24.2. The molecule has 1 aromatic carbocycles. The van der Waals surface area contributed by atoms with Gasteiger partial charge in [-0.2, -0.15) is 0 Å². The van der Waals surface area contributed by atoms with Crippen LogP contribution in [0.25, 0.3) is 0 Å². The molecule has 1 unspecified atom stereocenters. The molecule has 0 aliphatic carbocycles. The summed E-state index contributed by atoms with van der Waals surface area (Å²) in [5.74, 6) is 0.540. The maximum atomic E-state index is 11.6. The van der Waals surface area contributed by atoms with E-state index in [1.165, 1.54) is 5.56 Å². The number of rotatable bonds is 10. The van der Waals surface area contributed by atoms with Gasteiger partial charge in [0, 0.05) is 16.3 Å². The number of benzene rings is 1. The largest absolute Gasteiger partial charge is 0.314 e. The van der Waals surface area contributed by atoms with Crippen molar-refractivity contribution in [3.8, 4) is 0 Å². The van der Waals surface area contributed by atoms with E-state index in [1.54, 1.807) is 6.92 Å². The maximum absolute atomic E-state index is 11.6. The van der Waals surface area contributed by atoms with E-state index in [2.05, 4.69) is 40.3 Å². The minimum Gasteiger partial charge on any atom is -0.314 e. The van der Waals surface area contributed by atoms with Crippen molar-refractivity contribution in [1.82, 2.24) is 5.32 Å². The minimum atomic E-state index is -2.85. The lowest BCUT2D eigenvalue weighted by atomic mass is 10.0. The van der Waals surface area contributed by atoms with Gasteiger partial charge in [-0.1, -0.05) is 41.9 Å². The van der Waals surface area contributed by atoms with Crippen LogP contribution < -0.4 is 5.32 Å². The lowest BCUT2D eigenvalue weighted by molar-refractivity contribution is 0.472. The van der Waals surface area contributed by atoms with E-state index < -0.39 is 9.84 Å². The molecule has 21 heavy (non-hydrogen) atoms. The fourth-order valence-electron chi connectivity index (χ4n) is 2.27. The van der Waals surface area contributed by atoms with Crippen LogP contribution in [-0.2, 0) is 16.3 Å². The Morgan fingerprint density at radius 2 is 2.05 bits per heavy atom. The molecule has 0 amide bonds. The molecule has 0 aliphatic heterocycles. The smallest absolute Gasteiger partial charge is 0.150 e. The van der Waals surface area contributed by atoms with Gasteiger partial charge in [-0.25, -0.2) is 8.42 Å². The third kappa shape index (κ3) is 7.98. The van der Waals surface area contributed by atoms with Crippen molar-refractivity contribution >= 4 is 25.8 Å². The fraction of sp³-hybridized carbons (Fsp3) is 0.625. The molecule has 0 heterocycles. The predicted octanol–water partition coefficient (Wildman–Crippen LogP) is 3.57. The summed E-state index contributed by atoms with van der Waals surface area (Å²) in [6, 6.07) is 8.65. The van der Waals surface area contributed by atoms with Crippen LogP contribution in [-0.4, -0.2) is 32.5 Å². The lowest BCUT2D eigenvalue weighted by Crippen LogP contribution is -2.32. The number of halogens is 1. The van der Waals surface area contributed by atoms with Gasteiger partial charge in [0.05, 0.1) is 5.75 Å². The van der Waals surface area contributed by atoms with E-state index in [1.807, 2.05) is 12.1 Å². The summed E-state index contributed by atoms with van der Waals surface area (Å²) in [6.07, 6.45) is 3.64. The highest BCUT2D eigenvalue weighted by atomic mass is 79.9. The van der Waals surface area contributed by atoms with Crippen LogP contribution in [0.2, 0.25) is 0 Å². The van der Waals surface area contributed by atoms with E-state index in [4.69, 9.17) is 0 Å². The second-order valence-corrected chi connectivity index (χ2v) is 8.75. The Morgan fingerprint density at radius 3 is 2.67 bits per heavy atom. The first-order valence-electron chi connectivity index (χ1n) is 7.65. The van der Waals surface area contributed by atoms with Crippen molar-refractivity contribution in [1.29, 1.82) is 0 Å². The van der Waals surface area contributed by atoms with Crippen molar-refractivity contribution in [3.05, 3.63) is 34.3 Å². The van der Waals surface area contributed by atoms with Gasteiger partial charge in [0.2, 0.25) is 0 Å². The van der Waals surface area contributed by atoms with Crippen LogP contribution in [0.15, 0.2) is 28.7 Å². The molecular weight excluding hydrogens is 350 g/mol. The van der Waals surface area contributed by atoms with E-state index in [0.29, 0.717) is 11.8 Å². The molecule has 0 spiro atoms. The highest BCUT2D eigenvalue weighted by molar-refractivity contribution is 9.10. The fourth-order valence-corrected chi connectivity index (χ4v) is 3.61. The maximum Gasteiger partial charge on any atom is 0.150 e. The summed E-state index contributed by atoms with van der Waals surface area (Å²) in [4.78, 5) is 0. The van der Waals surface area contributed by atoms with E-state index >= 15 is 0 Å². The molecule has 1 atom stereocenters. The van der Waals surface area contributed by atoms with Crippen molar-refractivity contribution in [2.24, 2.45) is 0 Å². The van der Waals surface area contributed by atoms with Crippen molar-refractivity contribution < 1.29 is 8.42 Å². The Bertz CT molecular complexity index is 517. The van der Waals surface area contributed by atoms with Crippen LogP contribution in [0.3, 0.4) is 0 Å². The molecule has 5 heteroatoms. The lowest BCUT2D eigenvalue weighted by Gasteiger charge is -2.18. The molecule has 0 fully saturated rings. The van der Waals surface area contributed by atoms with Crippen molar-refractivity contribution in [2.45, 2.75) is 45.6 Å². The molecule has 0 aliphatic rings. The van der Waals surface area contributed by atoms with Gasteiger partial charge < -0.3 is 5.32 Å². The Balaban J connectivity index is 2.55. The Hall–Kier alpha value is -0.390. The first-order valence-corrected chi connectivity index (χ1v) is 10.3. The van der Waals surface area contributed by atoms with Crippen LogP contribution in [0, 0.1) is 0 Å². The Kier molecular flexibility index (Phi) is 8.52. The van der Waals surface area contributed by atoms with Gasteiger partial charge >= 0.3 is 0 Å². The highest BCUT2D eigenvalue weighted by Gasteiger charge is 2.12. The summed E-state index contributed by atoms with van der Waals surface area (Å²) in [7, 11) is -2.85. The van der Waals surface area contributed by atoms with Crippen LogP contribution in [0.5, 0.6) is 0 Å². The average Bonchev–Trinajstić information content (AvgIpc) is 2.44. The first kappa shape index (κ1) is 18.7. The second-order valence-electron chi connectivity index (χ2n) is 5.36. The number of nitrogens with one attached hydrogen (secondary N) is 1. The zero-order chi connectivity index (χ0) is 15.7. The second kappa shape index (κ2) is 9.59. The molecule has 1 rings (SSSR count). The predicted molar refractivity (Wildman–Crippen MR) is 93.5 cm³/mol. The molecule has 0 radical (unpaired) electrons. The number of hydrogen-bond donors (Lipinski definition) is 1. The standard InChI is InChI=1S/C16H26BrNO2S/c1-3-10-18-16(9-6-11-21(19,20)4-2)13-14-7-5-8-15(17)12-14/h5,7-8,12,16,18H,3-4,6,9-11,13H2,1-2H3. The van der Waals surface area contributed by atoms with Crippen molar-refractivity contribution in [3.63, 3.8) is 0 Å². The molecule has 120 valence electrons. The number of hydrogen-bond acceptors (Lipinski definition) is 3. The highest BCUT2D eigenvalue weighted by Crippen LogP contribution is 2.15. The third-order valence-electron chi connectivity index (χ3n) is 3.50.